The quantitative estimate of drug-likeness (QED) is 0.593. The van der Waals surface area contributed by atoms with E-state index in [1.807, 2.05) is 24.3 Å². The van der Waals surface area contributed by atoms with Crippen molar-refractivity contribution in [3.8, 4) is 11.5 Å². The Kier molecular flexibility index (Phi) is 3.32. The van der Waals surface area contributed by atoms with Gasteiger partial charge in [0.2, 0.25) is 0 Å². The SMILES string of the molecule is COc1ccc(C=C2CCOC2=O)cc1OC. The number of cyclic esters (lactones) is 1. The number of hydrogen-bond acceptors (Lipinski definition) is 4. The van der Waals surface area contributed by atoms with Gasteiger partial charge in [0, 0.05) is 12.0 Å². The van der Waals surface area contributed by atoms with E-state index >= 15 is 0 Å². The number of hydrogen-bond donors (Lipinski definition) is 0. The van der Waals surface area contributed by atoms with E-state index < -0.39 is 0 Å². The first-order valence-electron chi connectivity index (χ1n) is 5.34. The van der Waals surface area contributed by atoms with E-state index in [4.69, 9.17) is 14.2 Å². The van der Waals surface area contributed by atoms with E-state index in [0.29, 0.717) is 30.1 Å². The maximum absolute atomic E-state index is 11.3. The average Bonchev–Trinajstić information content (AvgIpc) is 2.75. The molecule has 0 N–H and O–H groups in total. The van der Waals surface area contributed by atoms with E-state index in [1.165, 1.54) is 0 Å². The number of benzene rings is 1. The van der Waals surface area contributed by atoms with Crippen LogP contribution in [0.15, 0.2) is 23.8 Å². The molecule has 0 amide bonds. The summed E-state index contributed by atoms with van der Waals surface area (Å²) in [6.45, 7) is 0.470. The van der Waals surface area contributed by atoms with Crippen molar-refractivity contribution in [1.29, 1.82) is 0 Å². The van der Waals surface area contributed by atoms with Crippen molar-refractivity contribution in [3.63, 3.8) is 0 Å². The summed E-state index contributed by atoms with van der Waals surface area (Å²) in [6, 6.07) is 5.52. The minimum Gasteiger partial charge on any atom is -0.493 e. The molecule has 1 aliphatic heterocycles. The van der Waals surface area contributed by atoms with Gasteiger partial charge in [-0.2, -0.15) is 0 Å². The van der Waals surface area contributed by atoms with Crippen molar-refractivity contribution in [2.75, 3.05) is 20.8 Å². The first kappa shape index (κ1) is 11.5. The third-order valence-electron chi connectivity index (χ3n) is 2.62. The summed E-state index contributed by atoms with van der Waals surface area (Å²) in [5.74, 6) is 1.08. The second-order valence-electron chi connectivity index (χ2n) is 3.67. The Bertz CT molecular complexity index is 462. The van der Waals surface area contributed by atoms with Gasteiger partial charge in [0.05, 0.1) is 20.8 Å². The van der Waals surface area contributed by atoms with Crippen LogP contribution in [0.4, 0.5) is 0 Å². The van der Waals surface area contributed by atoms with Crippen LogP contribution in [0, 0.1) is 0 Å². The van der Waals surface area contributed by atoms with Gasteiger partial charge in [-0.3, -0.25) is 0 Å². The zero-order chi connectivity index (χ0) is 12.3. The fraction of sp³-hybridized carbons (Fsp3) is 0.308. The summed E-state index contributed by atoms with van der Waals surface area (Å²) in [6.07, 6.45) is 2.48. The Morgan fingerprint density at radius 3 is 2.59 bits per heavy atom. The van der Waals surface area contributed by atoms with Crippen LogP contribution in [-0.2, 0) is 9.53 Å². The maximum atomic E-state index is 11.3. The lowest BCUT2D eigenvalue weighted by molar-refractivity contribution is -0.134. The summed E-state index contributed by atoms with van der Waals surface area (Å²) in [4.78, 5) is 11.3. The number of rotatable bonds is 3. The second kappa shape index (κ2) is 4.91. The summed E-state index contributed by atoms with van der Waals surface area (Å²) < 4.78 is 15.2. The molecular formula is C13H14O4. The largest absolute Gasteiger partial charge is 0.493 e. The lowest BCUT2D eigenvalue weighted by Gasteiger charge is -2.07. The molecule has 0 aromatic heterocycles. The summed E-state index contributed by atoms with van der Waals surface area (Å²) in [5.41, 5.74) is 1.59. The molecule has 0 aliphatic carbocycles. The highest BCUT2D eigenvalue weighted by molar-refractivity contribution is 5.95. The Hall–Kier alpha value is -1.97. The highest BCUT2D eigenvalue weighted by Gasteiger charge is 2.18. The highest BCUT2D eigenvalue weighted by atomic mass is 16.5. The zero-order valence-corrected chi connectivity index (χ0v) is 9.86. The molecule has 1 aromatic carbocycles. The van der Waals surface area contributed by atoms with Gasteiger partial charge < -0.3 is 14.2 Å². The maximum Gasteiger partial charge on any atom is 0.334 e. The topological polar surface area (TPSA) is 44.8 Å². The monoisotopic (exact) mass is 234 g/mol. The summed E-state index contributed by atoms with van der Waals surface area (Å²) in [5, 5.41) is 0. The van der Waals surface area contributed by atoms with Gasteiger partial charge >= 0.3 is 5.97 Å². The Labute approximate surface area is 99.8 Å². The number of methoxy groups -OCH3 is 2. The van der Waals surface area contributed by atoms with Crippen LogP contribution in [0.25, 0.3) is 6.08 Å². The lowest BCUT2D eigenvalue weighted by atomic mass is 10.1. The zero-order valence-electron chi connectivity index (χ0n) is 9.86. The molecule has 90 valence electrons. The third kappa shape index (κ3) is 2.41. The Morgan fingerprint density at radius 2 is 2.00 bits per heavy atom. The van der Waals surface area contributed by atoms with E-state index in [9.17, 15) is 4.79 Å². The van der Waals surface area contributed by atoms with Crippen LogP contribution >= 0.6 is 0 Å². The second-order valence-corrected chi connectivity index (χ2v) is 3.67. The van der Waals surface area contributed by atoms with E-state index in [2.05, 4.69) is 0 Å². The first-order chi connectivity index (χ1) is 8.24. The fourth-order valence-electron chi connectivity index (χ4n) is 1.72. The van der Waals surface area contributed by atoms with E-state index in [0.717, 1.165) is 5.56 Å². The van der Waals surface area contributed by atoms with Gasteiger partial charge in [-0.05, 0) is 23.8 Å². The predicted octanol–water partition coefficient (Wildman–Crippen LogP) is 2.03. The van der Waals surface area contributed by atoms with Crippen molar-refractivity contribution in [2.45, 2.75) is 6.42 Å². The van der Waals surface area contributed by atoms with Crippen molar-refractivity contribution in [1.82, 2.24) is 0 Å². The van der Waals surface area contributed by atoms with Gasteiger partial charge in [0.1, 0.15) is 0 Å². The average molecular weight is 234 g/mol. The minimum atomic E-state index is -0.236. The van der Waals surface area contributed by atoms with Crippen molar-refractivity contribution < 1.29 is 19.0 Å². The van der Waals surface area contributed by atoms with Gasteiger partial charge in [-0.15, -0.1) is 0 Å². The number of ether oxygens (including phenoxy) is 3. The van der Waals surface area contributed by atoms with Crippen LogP contribution in [0.1, 0.15) is 12.0 Å². The summed E-state index contributed by atoms with van der Waals surface area (Å²) >= 11 is 0. The molecule has 0 atom stereocenters. The molecule has 17 heavy (non-hydrogen) atoms. The molecule has 4 heteroatoms. The minimum absolute atomic E-state index is 0.236. The lowest BCUT2D eigenvalue weighted by Crippen LogP contribution is -1.95. The molecule has 0 radical (unpaired) electrons. The molecule has 0 bridgehead atoms. The molecule has 1 aromatic rings. The first-order valence-corrected chi connectivity index (χ1v) is 5.34. The molecular weight excluding hydrogens is 220 g/mol. The molecule has 0 unspecified atom stereocenters. The number of carbonyl (C=O) groups excluding carboxylic acids is 1. The highest BCUT2D eigenvalue weighted by Crippen LogP contribution is 2.29. The van der Waals surface area contributed by atoms with Crippen LogP contribution < -0.4 is 9.47 Å². The fourth-order valence-corrected chi connectivity index (χ4v) is 1.72. The van der Waals surface area contributed by atoms with Crippen LogP contribution in [0.3, 0.4) is 0 Å². The van der Waals surface area contributed by atoms with Crippen molar-refractivity contribution in [3.05, 3.63) is 29.3 Å². The molecule has 0 saturated carbocycles. The van der Waals surface area contributed by atoms with Crippen LogP contribution in [0.2, 0.25) is 0 Å². The van der Waals surface area contributed by atoms with Crippen LogP contribution in [0.5, 0.6) is 11.5 Å². The molecule has 1 heterocycles. The van der Waals surface area contributed by atoms with E-state index in [-0.39, 0.29) is 5.97 Å². The Morgan fingerprint density at radius 1 is 1.24 bits per heavy atom. The Balaban J connectivity index is 2.31. The standard InChI is InChI=1S/C13H14O4/c1-15-11-4-3-9(8-12(11)16-2)7-10-5-6-17-13(10)14/h3-4,7-8H,5-6H2,1-2H3. The molecule has 2 rings (SSSR count). The van der Waals surface area contributed by atoms with Crippen LogP contribution in [-0.4, -0.2) is 26.8 Å². The third-order valence-corrected chi connectivity index (χ3v) is 2.62. The summed E-state index contributed by atoms with van der Waals surface area (Å²) in [7, 11) is 3.17. The van der Waals surface area contributed by atoms with Crippen molar-refractivity contribution in [2.24, 2.45) is 0 Å². The smallest absolute Gasteiger partial charge is 0.334 e. The predicted molar refractivity (Wildman–Crippen MR) is 63.1 cm³/mol. The molecule has 1 fully saturated rings. The van der Waals surface area contributed by atoms with Gasteiger partial charge in [-0.25, -0.2) is 4.79 Å². The normalized spacial score (nSPS) is 17.1. The van der Waals surface area contributed by atoms with Gasteiger partial charge in [-0.1, -0.05) is 6.07 Å². The van der Waals surface area contributed by atoms with Gasteiger partial charge in [0.25, 0.3) is 0 Å². The molecule has 1 saturated heterocycles. The van der Waals surface area contributed by atoms with Crippen molar-refractivity contribution >= 4 is 12.0 Å². The molecule has 4 nitrogen and oxygen atoms in total. The number of esters is 1. The van der Waals surface area contributed by atoms with Gasteiger partial charge in [0.15, 0.2) is 11.5 Å². The molecule has 0 spiro atoms. The molecule has 1 aliphatic rings. The van der Waals surface area contributed by atoms with E-state index in [1.54, 1.807) is 14.2 Å². The number of carbonyl (C=O) groups is 1.